The van der Waals surface area contributed by atoms with Gasteiger partial charge in [0, 0.05) is 24.1 Å². The standard InChI is InChI=1S/C16H19N3O3/c1-10(2)15-17-9-12(19-15)16(20)18-11-4-5-13-14(8-11)22-7-3-6-21-13/h4-5,8-10H,3,6-7H2,1-2H3,(H,17,19)(H,18,20). The quantitative estimate of drug-likeness (QED) is 0.914. The minimum atomic E-state index is -0.228. The first-order valence-corrected chi connectivity index (χ1v) is 7.39. The second kappa shape index (κ2) is 6.09. The van der Waals surface area contributed by atoms with Crippen LogP contribution in [0, 0.1) is 0 Å². The second-order valence-electron chi connectivity index (χ2n) is 5.50. The Morgan fingerprint density at radius 1 is 1.27 bits per heavy atom. The van der Waals surface area contributed by atoms with Gasteiger partial charge in [0.15, 0.2) is 11.5 Å². The third-order valence-corrected chi connectivity index (χ3v) is 3.39. The molecule has 0 fully saturated rings. The van der Waals surface area contributed by atoms with Crippen molar-refractivity contribution in [3.8, 4) is 11.5 Å². The number of hydrogen-bond acceptors (Lipinski definition) is 4. The van der Waals surface area contributed by atoms with Gasteiger partial charge in [-0.15, -0.1) is 0 Å². The van der Waals surface area contributed by atoms with E-state index in [2.05, 4.69) is 15.3 Å². The second-order valence-corrected chi connectivity index (χ2v) is 5.50. The third kappa shape index (κ3) is 3.05. The first kappa shape index (κ1) is 14.4. The Kier molecular flexibility index (Phi) is 4.00. The van der Waals surface area contributed by atoms with Crippen LogP contribution in [0.15, 0.2) is 24.4 Å². The fourth-order valence-corrected chi connectivity index (χ4v) is 2.18. The van der Waals surface area contributed by atoms with Gasteiger partial charge in [-0.1, -0.05) is 13.8 Å². The minimum Gasteiger partial charge on any atom is -0.490 e. The van der Waals surface area contributed by atoms with Crippen molar-refractivity contribution in [2.75, 3.05) is 18.5 Å². The summed E-state index contributed by atoms with van der Waals surface area (Å²) in [5.41, 5.74) is 1.10. The monoisotopic (exact) mass is 301 g/mol. The Bertz CT molecular complexity index is 679. The lowest BCUT2D eigenvalue weighted by Gasteiger charge is -2.10. The predicted octanol–water partition coefficient (Wildman–Crippen LogP) is 2.95. The summed E-state index contributed by atoms with van der Waals surface area (Å²) in [5.74, 6) is 2.18. The molecule has 2 N–H and O–H groups in total. The molecule has 0 spiro atoms. The van der Waals surface area contributed by atoms with Crippen molar-refractivity contribution in [3.63, 3.8) is 0 Å². The van der Waals surface area contributed by atoms with Gasteiger partial charge in [-0.2, -0.15) is 0 Å². The van der Waals surface area contributed by atoms with Crippen molar-refractivity contribution in [3.05, 3.63) is 35.9 Å². The average molecular weight is 301 g/mol. The van der Waals surface area contributed by atoms with Gasteiger partial charge in [0.05, 0.1) is 19.4 Å². The smallest absolute Gasteiger partial charge is 0.273 e. The number of amides is 1. The van der Waals surface area contributed by atoms with Gasteiger partial charge in [-0.05, 0) is 12.1 Å². The van der Waals surface area contributed by atoms with E-state index in [9.17, 15) is 4.79 Å². The lowest BCUT2D eigenvalue weighted by atomic mass is 10.2. The largest absolute Gasteiger partial charge is 0.490 e. The molecule has 0 bridgehead atoms. The predicted molar refractivity (Wildman–Crippen MR) is 82.7 cm³/mol. The maximum Gasteiger partial charge on any atom is 0.273 e. The van der Waals surface area contributed by atoms with Crippen LogP contribution < -0.4 is 14.8 Å². The van der Waals surface area contributed by atoms with Gasteiger partial charge in [0.25, 0.3) is 5.91 Å². The number of hydrogen-bond donors (Lipinski definition) is 2. The van der Waals surface area contributed by atoms with Gasteiger partial charge in [-0.3, -0.25) is 4.79 Å². The number of H-pyrrole nitrogens is 1. The SMILES string of the molecule is CC(C)c1ncc(C(=O)Nc2ccc3c(c2)OCCCO3)[nH]1. The molecule has 1 aliphatic rings. The fraction of sp³-hybridized carbons (Fsp3) is 0.375. The van der Waals surface area contributed by atoms with Gasteiger partial charge in [0.1, 0.15) is 11.5 Å². The number of aromatic nitrogens is 2. The molecular weight excluding hydrogens is 282 g/mol. The van der Waals surface area contributed by atoms with Crippen molar-refractivity contribution in [2.45, 2.75) is 26.2 Å². The number of nitrogens with zero attached hydrogens (tertiary/aromatic N) is 1. The van der Waals surface area contributed by atoms with Crippen LogP contribution in [-0.4, -0.2) is 29.1 Å². The van der Waals surface area contributed by atoms with Crippen LogP contribution in [0.5, 0.6) is 11.5 Å². The van der Waals surface area contributed by atoms with Crippen LogP contribution in [-0.2, 0) is 0 Å². The summed E-state index contributed by atoms with van der Waals surface area (Å²) in [6, 6.07) is 5.38. The molecule has 0 saturated heterocycles. The molecule has 1 aromatic carbocycles. The molecule has 0 aliphatic carbocycles. The maximum absolute atomic E-state index is 12.2. The highest BCUT2D eigenvalue weighted by atomic mass is 16.5. The number of fused-ring (bicyclic) bond motifs is 1. The summed E-state index contributed by atoms with van der Waals surface area (Å²) in [5, 5.41) is 2.84. The molecule has 6 nitrogen and oxygen atoms in total. The third-order valence-electron chi connectivity index (χ3n) is 3.39. The first-order valence-electron chi connectivity index (χ1n) is 7.39. The molecule has 116 valence electrons. The topological polar surface area (TPSA) is 76.2 Å². The van der Waals surface area contributed by atoms with E-state index >= 15 is 0 Å². The molecule has 1 aromatic heterocycles. The molecule has 0 radical (unpaired) electrons. The Morgan fingerprint density at radius 3 is 2.77 bits per heavy atom. The number of nitrogens with one attached hydrogen (secondary N) is 2. The number of imidazole rings is 1. The van der Waals surface area contributed by atoms with Crippen LogP contribution in [0.1, 0.15) is 42.5 Å². The molecule has 3 rings (SSSR count). The van der Waals surface area contributed by atoms with Crippen LogP contribution in [0.2, 0.25) is 0 Å². The molecule has 1 aliphatic heterocycles. The summed E-state index contributed by atoms with van der Waals surface area (Å²) in [7, 11) is 0. The van der Waals surface area contributed by atoms with Crippen LogP contribution in [0.3, 0.4) is 0 Å². The molecule has 1 amide bonds. The zero-order valence-electron chi connectivity index (χ0n) is 12.7. The number of rotatable bonds is 3. The van der Waals surface area contributed by atoms with E-state index in [0.717, 1.165) is 12.2 Å². The fourth-order valence-electron chi connectivity index (χ4n) is 2.18. The van der Waals surface area contributed by atoms with E-state index in [1.54, 1.807) is 18.3 Å². The molecule has 2 heterocycles. The summed E-state index contributed by atoms with van der Waals surface area (Å²) in [6.07, 6.45) is 2.40. The number of carbonyl (C=O) groups is 1. The molecule has 0 atom stereocenters. The average Bonchev–Trinajstić information content (AvgIpc) is 2.88. The molecule has 22 heavy (non-hydrogen) atoms. The zero-order valence-corrected chi connectivity index (χ0v) is 12.7. The normalized spacial score (nSPS) is 13.8. The first-order chi connectivity index (χ1) is 10.6. The minimum absolute atomic E-state index is 0.228. The number of carbonyl (C=O) groups excluding carboxylic acids is 1. The van der Waals surface area contributed by atoms with E-state index < -0.39 is 0 Å². The highest BCUT2D eigenvalue weighted by molar-refractivity contribution is 6.02. The van der Waals surface area contributed by atoms with Crippen molar-refractivity contribution >= 4 is 11.6 Å². The molecule has 2 aromatic rings. The van der Waals surface area contributed by atoms with Crippen molar-refractivity contribution in [2.24, 2.45) is 0 Å². The maximum atomic E-state index is 12.2. The van der Waals surface area contributed by atoms with E-state index in [4.69, 9.17) is 9.47 Å². The van der Waals surface area contributed by atoms with Gasteiger partial charge in [-0.25, -0.2) is 4.98 Å². The Labute approximate surface area is 128 Å². The van der Waals surface area contributed by atoms with E-state index in [-0.39, 0.29) is 11.8 Å². The highest BCUT2D eigenvalue weighted by Crippen LogP contribution is 2.32. The summed E-state index contributed by atoms with van der Waals surface area (Å²) in [6.45, 7) is 5.29. The number of aromatic amines is 1. The van der Waals surface area contributed by atoms with E-state index in [1.165, 1.54) is 0 Å². The number of benzene rings is 1. The Hall–Kier alpha value is -2.50. The van der Waals surface area contributed by atoms with Crippen LogP contribution in [0.25, 0.3) is 0 Å². The van der Waals surface area contributed by atoms with Crippen LogP contribution in [0.4, 0.5) is 5.69 Å². The molecule has 0 saturated carbocycles. The highest BCUT2D eigenvalue weighted by Gasteiger charge is 2.14. The number of ether oxygens (including phenoxy) is 2. The van der Waals surface area contributed by atoms with Crippen LogP contribution >= 0.6 is 0 Å². The van der Waals surface area contributed by atoms with Gasteiger partial charge >= 0.3 is 0 Å². The van der Waals surface area contributed by atoms with Crippen molar-refractivity contribution < 1.29 is 14.3 Å². The van der Waals surface area contributed by atoms with Gasteiger partial charge < -0.3 is 19.8 Å². The summed E-state index contributed by atoms with van der Waals surface area (Å²) >= 11 is 0. The van der Waals surface area contributed by atoms with Gasteiger partial charge in [0.2, 0.25) is 0 Å². The zero-order chi connectivity index (χ0) is 15.5. The van der Waals surface area contributed by atoms with E-state index in [0.29, 0.717) is 36.1 Å². The molecule has 0 unspecified atom stereocenters. The Morgan fingerprint density at radius 2 is 2.05 bits per heavy atom. The Balaban J connectivity index is 1.74. The summed E-state index contributed by atoms with van der Waals surface area (Å²) in [4.78, 5) is 19.5. The molecule has 6 heteroatoms. The lowest BCUT2D eigenvalue weighted by molar-refractivity contribution is 0.102. The van der Waals surface area contributed by atoms with Crippen molar-refractivity contribution in [1.29, 1.82) is 0 Å². The molecular formula is C16H19N3O3. The van der Waals surface area contributed by atoms with Crippen molar-refractivity contribution in [1.82, 2.24) is 9.97 Å². The lowest BCUT2D eigenvalue weighted by Crippen LogP contribution is -2.12. The summed E-state index contributed by atoms with van der Waals surface area (Å²) < 4.78 is 11.2. The number of anilines is 1. The van der Waals surface area contributed by atoms with E-state index in [1.807, 2.05) is 19.9 Å².